The van der Waals surface area contributed by atoms with Gasteiger partial charge in [-0.15, -0.1) is 0 Å². The van der Waals surface area contributed by atoms with E-state index in [0.29, 0.717) is 6.42 Å². The lowest BCUT2D eigenvalue weighted by Crippen LogP contribution is -2.47. The Morgan fingerprint density at radius 3 is 2.44 bits per heavy atom. The Bertz CT molecular complexity index is 359. The van der Waals surface area contributed by atoms with Crippen molar-refractivity contribution in [3.05, 3.63) is 12.2 Å². The molecule has 0 saturated carbocycles. The minimum Gasteiger partial charge on any atom is -0.353 e. The summed E-state index contributed by atoms with van der Waals surface area (Å²) < 4.78 is 0. The third-order valence-electron chi connectivity index (χ3n) is 3.74. The molecule has 0 spiro atoms. The SMILES string of the molecule is CC(=O)N1CCC(NC(=O)C2C=CC(N)C2)CC1. The molecule has 0 aromatic carbocycles. The van der Waals surface area contributed by atoms with Gasteiger partial charge in [-0.3, -0.25) is 9.59 Å². The topological polar surface area (TPSA) is 75.4 Å². The molecule has 0 aromatic rings. The first-order valence-corrected chi connectivity index (χ1v) is 6.56. The molecule has 0 bridgehead atoms. The second kappa shape index (κ2) is 5.52. The fourth-order valence-corrected chi connectivity index (χ4v) is 2.57. The lowest BCUT2D eigenvalue weighted by atomic mass is 10.0. The number of likely N-dealkylation sites (tertiary alicyclic amines) is 1. The fraction of sp³-hybridized carbons (Fsp3) is 0.692. The molecule has 1 saturated heterocycles. The predicted octanol–water partition coefficient (Wildman–Crippen LogP) is 0.0169. The molecule has 0 radical (unpaired) electrons. The van der Waals surface area contributed by atoms with Crippen LogP contribution in [0.15, 0.2) is 12.2 Å². The fourth-order valence-electron chi connectivity index (χ4n) is 2.57. The van der Waals surface area contributed by atoms with Gasteiger partial charge in [0.25, 0.3) is 0 Å². The molecule has 2 unspecified atom stereocenters. The highest BCUT2D eigenvalue weighted by Gasteiger charge is 2.27. The van der Waals surface area contributed by atoms with Crippen LogP contribution >= 0.6 is 0 Å². The molecule has 1 aliphatic heterocycles. The molecule has 0 aromatic heterocycles. The number of nitrogens with one attached hydrogen (secondary N) is 1. The molecule has 2 rings (SSSR count). The van der Waals surface area contributed by atoms with Gasteiger partial charge in [-0.1, -0.05) is 12.2 Å². The van der Waals surface area contributed by atoms with Crippen LogP contribution < -0.4 is 11.1 Å². The van der Waals surface area contributed by atoms with Crippen LogP contribution in [0.3, 0.4) is 0 Å². The molecular weight excluding hydrogens is 230 g/mol. The standard InChI is InChI=1S/C13H21N3O2/c1-9(17)16-6-4-12(5-7-16)15-13(18)10-2-3-11(14)8-10/h2-3,10-12H,4-8,14H2,1H3,(H,15,18). The number of rotatable bonds is 2. The van der Waals surface area contributed by atoms with Gasteiger partial charge in [0.1, 0.15) is 0 Å². The van der Waals surface area contributed by atoms with Crippen LogP contribution in [0.2, 0.25) is 0 Å². The van der Waals surface area contributed by atoms with Crippen LogP contribution in [-0.2, 0) is 9.59 Å². The molecule has 5 heteroatoms. The van der Waals surface area contributed by atoms with Crippen molar-refractivity contribution >= 4 is 11.8 Å². The lowest BCUT2D eigenvalue weighted by Gasteiger charge is -2.32. The first kappa shape index (κ1) is 13.1. The second-order valence-electron chi connectivity index (χ2n) is 5.18. The third-order valence-corrected chi connectivity index (χ3v) is 3.74. The zero-order valence-corrected chi connectivity index (χ0v) is 10.8. The molecule has 100 valence electrons. The summed E-state index contributed by atoms with van der Waals surface area (Å²) in [6.45, 7) is 3.06. The molecule has 2 aliphatic rings. The summed E-state index contributed by atoms with van der Waals surface area (Å²) in [5.41, 5.74) is 5.74. The first-order valence-electron chi connectivity index (χ1n) is 6.56. The van der Waals surface area contributed by atoms with E-state index in [2.05, 4.69) is 5.32 Å². The van der Waals surface area contributed by atoms with Crippen molar-refractivity contribution in [2.75, 3.05) is 13.1 Å². The Balaban J connectivity index is 1.76. The molecule has 2 atom stereocenters. The summed E-state index contributed by atoms with van der Waals surface area (Å²) in [5.74, 6) is 0.107. The molecule has 1 aliphatic carbocycles. The zero-order chi connectivity index (χ0) is 13.1. The molecule has 1 fully saturated rings. The Hall–Kier alpha value is -1.36. The van der Waals surface area contributed by atoms with Gasteiger partial charge in [0.05, 0.1) is 5.92 Å². The summed E-state index contributed by atoms with van der Waals surface area (Å²) >= 11 is 0. The van der Waals surface area contributed by atoms with E-state index >= 15 is 0 Å². The Labute approximate surface area is 107 Å². The number of piperidine rings is 1. The van der Waals surface area contributed by atoms with E-state index < -0.39 is 0 Å². The number of hydrogen-bond acceptors (Lipinski definition) is 3. The molecule has 1 heterocycles. The van der Waals surface area contributed by atoms with E-state index in [4.69, 9.17) is 5.73 Å². The van der Waals surface area contributed by atoms with Crippen LogP contribution in [0.1, 0.15) is 26.2 Å². The molecule has 2 amide bonds. The van der Waals surface area contributed by atoms with Crippen molar-refractivity contribution in [1.29, 1.82) is 0 Å². The Morgan fingerprint density at radius 1 is 1.28 bits per heavy atom. The van der Waals surface area contributed by atoms with Crippen LogP contribution in [0.25, 0.3) is 0 Å². The van der Waals surface area contributed by atoms with E-state index in [-0.39, 0.29) is 29.8 Å². The maximum atomic E-state index is 12.0. The number of nitrogens with two attached hydrogens (primary N) is 1. The molecule has 5 nitrogen and oxygen atoms in total. The lowest BCUT2D eigenvalue weighted by molar-refractivity contribution is -0.130. The number of nitrogens with zero attached hydrogens (tertiary/aromatic N) is 1. The minimum absolute atomic E-state index is 0.0142. The van der Waals surface area contributed by atoms with Crippen LogP contribution in [0, 0.1) is 5.92 Å². The maximum Gasteiger partial charge on any atom is 0.227 e. The van der Waals surface area contributed by atoms with E-state index in [1.54, 1.807) is 6.92 Å². The average Bonchev–Trinajstić information content (AvgIpc) is 2.76. The average molecular weight is 251 g/mol. The van der Waals surface area contributed by atoms with Crippen molar-refractivity contribution in [2.45, 2.75) is 38.3 Å². The van der Waals surface area contributed by atoms with E-state index in [1.807, 2.05) is 17.1 Å². The van der Waals surface area contributed by atoms with Crippen LogP contribution in [0.4, 0.5) is 0 Å². The van der Waals surface area contributed by atoms with Gasteiger partial charge >= 0.3 is 0 Å². The largest absolute Gasteiger partial charge is 0.353 e. The van der Waals surface area contributed by atoms with Gasteiger partial charge in [-0.05, 0) is 19.3 Å². The maximum absolute atomic E-state index is 12.0. The van der Waals surface area contributed by atoms with E-state index in [9.17, 15) is 9.59 Å². The minimum atomic E-state index is -0.0779. The van der Waals surface area contributed by atoms with Gasteiger partial charge in [-0.25, -0.2) is 0 Å². The first-order chi connectivity index (χ1) is 8.56. The van der Waals surface area contributed by atoms with Crippen LogP contribution in [0.5, 0.6) is 0 Å². The van der Waals surface area contributed by atoms with Crippen molar-refractivity contribution in [3.63, 3.8) is 0 Å². The van der Waals surface area contributed by atoms with Gasteiger partial charge in [0.2, 0.25) is 11.8 Å². The summed E-state index contributed by atoms with van der Waals surface area (Å²) in [6, 6.07) is 0.207. The summed E-state index contributed by atoms with van der Waals surface area (Å²) in [6.07, 6.45) is 6.17. The number of hydrogen-bond donors (Lipinski definition) is 2. The second-order valence-corrected chi connectivity index (χ2v) is 5.18. The van der Waals surface area contributed by atoms with Gasteiger partial charge in [0.15, 0.2) is 0 Å². The molecular formula is C13H21N3O2. The predicted molar refractivity (Wildman–Crippen MR) is 68.6 cm³/mol. The number of amides is 2. The van der Waals surface area contributed by atoms with Gasteiger partial charge in [0, 0.05) is 32.1 Å². The van der Waals surface area contributed by atoms with Crippen molar-refractivity contribution < 1.29 is 9.59 Å². The zero-order valence-electron chi connectivity index (χ0n) is 10.8. The van der Waals surface area contributed by atoms with Crippen molar-refractivity contribution in [3.8, 4) is 0 Å². The van der Waals surface area contributed by atoms with E-state index in [1.165, 1.54) is 0 Å². The molecule has 3 N–H and O–H groups in total. The summed E-state index contributed by atoms with van der Waals surface area (Å²) in [7, 11) is 0. The van der Waals surface area contributed by atoms with Crippen molar-refractivity contribution in [1.82, 2.24) is 10.2 Å². The monoisotopic (exact) mass is 251 g/mol. The highest BCUT2D eigenvalue weighted by molar-refractivity contribution is 5.81. The summed E-state index contributed by atoms with van der Waals surface area (Å²) in [5, 5.41) is 3.06. The highest BCUT2D eigenvalue weighted by Crippen LogP contribution is 2.18. The smallest absolute Gasteiger partial charge is 0.227 e. The highest BCUT2D eigenvalue weighted by atomic mass is 16.2. The number of carbonyl (C=O) groups is 2. The normalized spacial score (nSPS) is 28.4. The van der Waals surface area contributed by atoms with Crippen molar-refractivity contribution in [2.24, 2.45) is 11.7 Å². The van der Waals surface area contributed by atoms with Crippen LogP contribution in [-0.4, -0.2) is 41.9 Å². The van der Waals surface area contributed by atoms with Gasteiger partial charge < -0.3 is 16.0 Å². The quantitative estimate of drug-likeness (QED) is 0.679. The van der Waals surface area contributed by atoms with E-state index in [0.717, 1.165) is 25.9 Å². The Kier molecular flexibility index (Phi) is 4.01. The summed E-state index contributed by atoms with van der Waals surface area (Å²) in [4.78, 5) is 25.0. The molecule has 18 heavy (non-hydrogen) atoms. The number of carbonyl (C=O) groups excluding carboxylic acids is 2. The van der Waals surface area contributed by atoms with Gasteiger partial charge in [-0.2, -0.15) is 0 Å². The third kappa shape index (κ3) is 3.10. The Morgan fingerprint density at radius 2 is 1.94 bits per heavy atom.